The second-order valence-corrected chi connectivity index (χ2v) is 6.75. The molecule has 1 aliphatic heterocycles. The molecule has 1 heterocycles. The van der Waals surface area contributed by atoms with Crippen LogP contribution in [0.25, 0.3) is 6.08 Å². The second kappa shape index (κ2) is 8.59. The monoisotopic (exact) mass is 405 g/mol. The highest BCUT2D eigenvalue weighted by Crippen LogP contribution is 2.40. The van der Waals surface area contributed by atoms with E-state index in [1.165, 1.54) is 19.3 Å². The molecule has 0 radical (unpaired) electrons. The smallest absolute Gasteiger partial charge is 0.416 e. The van der Waals surface area contributed by atoms with E-state index in [2.05, 4.69) is 0 Å². The number of halogens is 3. The van der Waals surface area contributed by atoms with Gasteiger partial charge in [0.05, 0.1) is 25.8 Å². The summed E-state index contributed by atoms with van der Waals surface area (Å²) in [5, 5.41) is 0. The topological polar surface area (TPSA) is 38.8 Å². The normalized spacial score (nSPS) is 17.0. The number of hydrogen-bond donors (Lipinski definition) is 0. The van der Waals surface area contributed by atoms with Crippen LogP contribution in [-0.2, 0) is 11.0 Å². The summed E-state index contributed by atoms with van der Waals surface area (Å²) in [6.45, 7) is 0.482. The Morgan fingerprint density at radius 3 is 2.45 bits per heavy atom. The molecule has 1 saturated heterocycles. The van der Waals surface area contributed by atoms with Gasteiger partial charge in [0.25, 0.3) is 0 Å². The summed E-state index contributed by atoms with van der Waals surface area (Å²) in [6.07, 6.45) is -0.0323. The van der Waals surface area contributed by atoms with E-state index in [1.807, 2.05) is 12.1 Å². The van der Waals surface area contributed by atoms with Crippen molar-refractivity contribution in [1.29, 1.82) is 0 Å². The number of nitrogens with zero attached hydrogens (tertiary/aromatic N) is 1. The van der Waals surface area contributed by atoms with Crippen LogP contribution in [0, 0.1) is 0 Å². The average Bonchev–Trinajstić information content (AvgIpc) is 3.21. The molecule has 1 unspecified atom stereocenters. The molecule has 7 heteroatoms. The van der Waals surface area contributed by atoms with Crippen LogP contribution in [0.15, 0.2) is 48.5 Å². The number of amides is 1. The van der Waals surface area contributed by atoms with Gasteiger partial charge in [0.15, 0.2) is 0 Å². The van der Waals surface area contributed by atoms with Crippen LogP contribution in [0.1, 0.15) is 35.6 Å². The van der Waals surface area contributed by atoms with Gasteiger partial charge in [-0.25, -0.2) is 0 Å². The Morgan fingerprint density at radius 2 is 1.83 bits per heavy atom. The SMILES string of the molecule is COc1ccc(/C=C/C(=O)N2CCCC2c2cc(C(F)(F)F)ccc2OC)cc1. The molecule has 4 nitrogen and oxygen atoms in total. The van der Waals surface area contributed by atoms with Crippen LogP contribution >= 0.6 is 0 Å². The van der Waals surface area contributed by atoms with E-state index >= 15 is 0 Å². The predicted molar refractivity (Wildman–Crippen MR) is 104 cm³/mol. The summed E-state index contributed by atoms with van der Waals surface area (Å²) in [6, 6.07) is 10.1. The summed E-state index contributed by atoms with van der Waals surface area (Å²) >= 11 is 0. The molecular formula is C22H22F3NO3. The van der Waals surface area contributed by atoms with Crippen molar-refractivity contribution in [1.82, 2.24) is 4.90 Å². The van der Waals surface area contributed by atoms with Crippen LogP contribution in [-0.4, -0.2) is 31.6 Å². The molecular weight excluding hydrogens is 383 g/mol. The van der Waals surface area contributed by atoms with E-state index in [1.54, 1.807) is 30.2 Å². The molecule has 2 aromatic carbocycles. The average molecular weight is 405 g/mol. The van der Waals surface area contributed by atoms with Gasteiger partial charge in [-0.15, -0.1) is 0 Å². The molecule has 3 rings (SSSR count). The van der Waals surface area contributed by atoms with Gasteiger partial charge in [-0.3, -0.25) is 4.79 Å². The first-order valence-electron chi connectivity index (χ1n) is 9.21. The molecule has 1 aliphatic rings. The third kappa shape index (κ3) is 4.72. The zero-order valence-corrected chi connectivity index (χ0v) is 16.2. The number of alkyl halides is 3. The lowest BCUT2D eigenvalue weighted by Crippen LogP contribution is -2.29. The van der Waals surface area contributed by atoms with E-state index in [0.717, 1.165) is 17.7 Å². The third-order valence-corrected chi connectivity index (χ3v) is 4.99. The van der Waals surface area contributed by atoms with Crippen molar-refractivity contribution in [2.45, 2.75) is 25.1 Å². The Balaban J connectivity index is 1.83. The molecule has 2 aromatic rings. The molecule has 1 atom stereocenters. The van der Waals surface area contributed by atoms with Crippen LogP contribution in [0.5, 0.6) is 11.5 Å². The predicted octanol–water partition coefficient (Wildman–Crippen LogP) is 5.10. The maximum Gasteiger partial charge on any atom is 0.416 e. The van der Waals surface area contributed by atoms with Gasteiger partial charge < -0.3 is 14.4 Å². The number of rotatable bonds is 5. The molecule has 0 bridgehead atoms. The lowest BCUT2D eigenvalue weighted by atomic mass is 10.00. The first-order valence-corrected chi connectivity index (χ1v) is 9.21. The lowest BCUT2D eigenvalue weighted by Gasteiger charge is -2.26. The minimum absolute atomic E-state index is 0.247. The minimum atomic E-state index is -4.46. The molecule has 29 heavy (non-hydrogen) atoms. The summed E-state index contributed by atoms with van der Waals surface area (Å²) in [4.78, 5) is 14.4. The molecule has 0 saturated carbocycles. The molecule has 0 aliphatic carbocycles. The zero-order valence-electron chi connectivity index (χ0n) is 16.2. The van der Waals surface area contributed by atoms with Crippen LogP contribution < -0.4 is 9.47 Å². The quantitative estimate of drug-likeness (QED) is 0.650. The van der Waals surface area contributed by atoms with Crippen molar-refractivity contribution >= 4 is 12.0 Å². The summed E-state index contributed by atoms with van der Waals surface area (Å²) in [5.74, 6) is 0.814. The number of likely N-dealkylation sites (tertiary alicyclic amines) is 1. The molecule has 0 aromatic heterocycles. The van der Waals surface area contributed by atoms with Crippen LogP contribution in [0.2, 0.25) is 0 Å². The summed E-state index contributed by atoms with van der Waals surface area (Å²) < 4.78 is 49.9. The zero-order chi connectivity index (χ0) is 21.0. The molecule has 1 amide bonds. The number of carbonyl (C=O) groups is 1. The first kappa shape index (κ1) is 20.8. The Kier molecular flexibility index (Phi) is 6.15. The van der Waals surface area contributed by atoms with Crippen molar-refractivity contribution in [3.05, 3.63) is 65.2 Å². The maximum atomic E-state index is 13.2. The van der Waals surface area contributed by atoms with E-state index < -0.39 is 17.8 Å². The van der Waals surface area contributed by atoms with Gasteiger partial charge in [0, 0.05) is 18.2 Å². The summed E-state index contributed by atoms with van der Waals surface area (Å²) in [5.41, 5.74) is 0.457. The summed E-state index contributed by atoms with van der Waals surface area (Å²) in [7, 11) is 2.99. The second-order valence-electron chi connectivity index (χ2n) is 6.75. The largest absolute Gasteiger partial charge is 0.497 e. The van der Waals surface area contributed by atoms with Crippen molar-refractivity contribution in [2.75, 3.05) is 20.8 Å². The minimum Gasteiger partial charge on any atom is -0.497 e. The van der Waals surface area contributed by atoms with Crippen molar-refractivity contribution in [2.24, 2.45) is 0 Å². The number of carbonyl (C=O) groups excluding carboxylic acids is 1. The van der Waals surface area contributed by atoms with Gasteiger partial charge in [-0.2, -0.15) is 13.2 Å². The lowest BCUT2D eigenvalue weighted by molar-refractivity contribution is -0.137. The van der Waals surface area contributed by atoms with E-state index in [-0.39, 0.29) is 5.91 Å². The number of benzene rings is 2. The maximum absolute atomic E-state index is 13.2. The molecule has 154 valence electrons. The highest BCUT2D eigenvalue weighted by molar-refractivity contribution is 5.92. The van der Waals surface area contributed by atoms with E-state index in [0.29, 0.717) is 36.4 Å². The Morgan fingerprint density at radius 1 is 1.10 bits per heavy atom. The number of methoxy groups -OCH3 is 2. The number of ether oxygens (including phenoxy) is 2. The van der Waals surface area contributed by atoms with Crippen molar-refractivity contribution in [3.63, 3.8) is 0 Å². The van der Waals surface area contributed by atoms with Crippen molar-refractivity contribution < 1.29 is 27.4 Å². The fraction of sp³-hybridized carbons (Fsp3) is 0.318. The van der Waals surface area contributed by atoms with Gasteiger partial charge >= 0.3 is 6.18 Å². The van der Waals surface area contributed by atoms with Gasteiger partial charge in [-0.1, -0.05) is 12.1 Å². The van der Waals surface area contributed by atoms with Crippen LogP contribution in [0.4, 0.5) is 13.2 Å². The van der Waals surface area contributed by atoms with Gasteiger partial charge in [0.2, 0.25) is 5.91 Å². The molecule has 0 N–H and O–H groups in total. The molecule has 1 fully saturated rings. The Hall–Kier alpha value is -2.96. The Labute approximate surface area is 167 Å². The van der Waals surface area contributed by atoms with Gasteiger partial charge in [-0.05, 0) is 54.8 Å². The fourth-order valence-corrected chi connectivity index (χ4v) is 3.50. The standard InChI is InChI=1S/C22H22F3NO3/c1-28-17-9-5-15(6-10-17)7-12-21(27)26-13-3-4-19(26)18-14-16(22(23,24)25)8-11-20(18)29-2/h5-12,14,19H,3-4,13H2,1-2H3/b12-7+. The Bertz CT molecular complexity index is 891. The van der Waals surface area contributed by atoms with Gasteiger partial charge in [0.1, 0.15) is 11.5 Å². The van der Waals surface area contributed by atoms with Crippen molar-refractivity contribution in [3.8, 4) is 11.5 Å². The van der Waals surface area contributed by atoms with E-state index in [9.17, 15) is 18.0 Å². The first-order chi connectivity index (χ1) is 13.8. The molecule has 0 spiro atoms. The highest BCUT2D eigenvalue weighted by Gasteiger charge is 2.35. The highest BCUT2D eigenvalue weighted by atomic mass is 19.4. The third-order valence-electron chi connectivity index (χ3n) is 4.99. The number of hydrogen-bond acceptors (Lipinski definition) is 3. The van der Waals surface area contributed by atoms with E-state index in [4.69, 9.17) is 9.47 Å². The fourth-order valence-electron chi connectivity index (χ4n) is 3.50. The van der Waals surface area contributed by atoms with Crippen LogP contribution in [0.3, 0.4) is 0 Å².